The van der Waals surface area contributed by atoms with Crippen molar-refractivity contribution in [2.75, 3.05) is 10.3 Å². The summed E-state index contributed by atoms with van der Waals surface area (Å²) in [5, 5.41) is 17.8. The summed E-state index contributed by atoms with van der Waals surface area (Å²) in [6.07, 6.45) is 4.86. The van der Waals surface area contributed by atoms with E-state index >= 15 is 0 Å². The highest BCUT2D eigenvalue weighted by molar-refractivity contribution is 5.79. The fraction of sp³-hybridized carbons (Fsp3) is 0.0500. The Balaban J connectivity index is 1.77. The van der Waals surface area contributed by atoms with Crippen LogP contribution in [0.15, 0.2) is 72.7 Å². The van der Waals surface area contributed by atoms with E-state index in [9.17, 15) is 0 Å². The van der Waals surface area contributed by atoms with E-state index in [1.807, 2.05) is 30.3 Å². The van der Waals surface area contributed by atoms with Crippen LogP contribution in [-0.2, 0) is 0 Å². The zero-order chi connectivity index (χ0) is 19.9. The molecule has 2 heterocycles. The molecule has 138 valence electrons. The van der Waals surface area contributed by atoms with Crippen LogP contribution in [0, 0.1) is 11.3 Å². The average molecular weight is 370 g/mol. The quantitative estimate of drug-likeness (QED) is 0.388. The van der Waals surface area contributed by atoms with Crippen LogP contribution >= 0.6 is 0 Å². The molecule has 0 amide bonds. The van der Waals surface area contributed by atoms with E-state index in [4.69, 9.17) is 11.0 Å². The molecule has 0 spiro atoms. The number of nitrogens with zero attached hydrogens (tertiary/aromatic N) is 6. The number of rotatable bonds is 6. The van der Waals surface area contributed by atoms with E-state index in [0.29, 0.717) is 23.2 Å². The molecule has 0 radical (unpaired) electrons. The molecule has 28 heavy (non-hydrogen) atoms. The molecular weight excluding hydrogens is 352 g/mol. The van der Waals surface area contributed by atoms with Crippen molar-refractivity contribution in [3.63, 3.8) is 0 Å². The minimum absolute atomic E-state index is 0.360. The Morgan fingerprint density at radius 2 is 2.00 bits per heavy atom. The minimum Gasteiger partial charge on any atom is -0.386 e. The van der Waals surface area contributed by atoms with Crippen LogP contribution in [0.5, 0.6) is 0 Å². The normalized spacial score (nSPS) is 10.8. The standard InChI is InChI=1S/C20H18N8/c1-3-28(27-14(2)22)18-8-6-16(7-9-18)25-20-23-11-10-19(26-20)15-4-5-17(12-21)24-13-15/h3-11,13H,1H2,2H3,(H2,22,27)(H,23,25,26). The lowest BCUT2D eigenvalue weighted by Gasteiger charge is -2.15. The van der Waals surface area contributed by atoms with Crippen LogP contribution in [0.2, 0.25) is 0 Å². The first-order chi connectivity index (χ1) is 13.6. The Morgan fingerprint density at radius 3 is 2.61 bits per heavy atom. The van der Waals surface area contributed by atoms with E-state index < -0.39 is 0 Å². The van der Waals surface area contributed by atoms with Crippen LogP contribution < -0.4 is 16.1 Å². The summed E-state index contributed by atoms with van der Waals surface area (Å²) in [4.78, 5) is 12.8. The Bertz CT molecular complexity index is 1030. The third-order valence-electron chi connectivity index (χ3n) is 3.66. The van der Waals surface area contributed by atoms with Crippen LogP contribution in [0.4, 0.5) is 17.3 Å². The van der Waals surface area contributed by atoms with Gasteiger partial charge in [-0.3, -0.25) is 0 Å². The van der Waals surface area contributed by atoms with E-state index in [0.717, 1.165) is 16.9 Å². The number of nitriles is 1. The molecule has 2 aromatic heterocycles. The second-order valence-corrected chi connectivity index (χ2v) is 5.75. The lowest BCUT2D eigenvalue weighted by Crippen LogP contribution is -2.15. The molecule has 0 atom stereocenters. The van der Waals surface area contributed by atoms with Crippen molar-refractivity contribution in [2.45, 2.75) is 6.92 Å². The van der Waals surface area contributed by atoms with Crippen LogP contribution in [-0.4, -0.2) is 20.8 Å². The fourth-order valence-electron chi connectivity index (χ4n) is 2.39. The highest BCUT2D eigenvalue weighted by Crippen LogP contribution is 2.22. The van der Waals surface area contributed by atoms with Crippen molar-refractivity contribution in [3.8, 4) is 17.3 Å². The third kappa shape index (κ3) is 4.47. The Labute approximate surface area is 162 Å². The van der Waals surface area contributed by atoms with Crippen molar-refractivity contribution in [3.05, 3.63) is 73.3 Å². The van der Waals surface area contributed by atoms with E-state index in [1.54, 1.807) is 48.7 Å². The number of anilines is 3. The molecule has 0 saturated carbocycles. The smallest absolute Gasteiger partial charge is 0.227 e. The van der Waals surface area contributed by atoms with Gasteiger partial charge in [-0.25, -0.2) is 20.0 Å². The predicted octanol–water partition coefficient (Wildman–Crippen LogP) is 3.40. The summed E-state index contributed by atoms with van der Waals surface area (Å²) in [5.41, 5.74) is 9.13. The number of nitrogens with two attached hydrogens (primary N) is 1. The molecule has 3 rings (SSSR count). The predicted molar refractivity (Wildman–Crippen MR) is 110 cm³/mol. The van der Waals surface area contributed by atoms with Gasteiger partial charge in [-0.2, -0.15) is 10.4 Å². The summed E-state index contributed by atoms with van der Waals surface area (Å²) >= 11 is 0. The van der Waals surface area contributed by atoms with E-state index in [1.165, 1.54) is 0 Å². The molecule has 1 aromatic carbocycles. The summed E-state index contributed by atoms with van der Waals surface area (Å²) in [7, 11) is 0. The van der Waals surface area contributed by atoms with Gasteiger partial charge >= 0.3 is 0 Å². The van der Waals surface area contributed by atoms with Crippen LogP contribution in [0.25, 0.3) is 11.3 Å². The summed E-state index contributed by atoms with van der Waals surface area (Å²) in [6, 6.07) is 14.8. The number of benzene rings is 1. The van der Waals surface area contributed by atoms with Gasteiger partial charge < -0.3 is 11.1 Å². The topological polar surface area (TPSA) is 116 Å². The van der Waals surface area contributed by atoms with Gasteiger partial charge in [0, 0.05) is 29.8 Å². The first-order valence-corrected chi connectivity index (χ1v) is 8.38. The summed E-state index contributed by atoms with van der Waals surface area (Å²) < 4.78 is 0. The SMILES string of the molecule is C=CN(/N=C(/C)N)c1ccc(Nc2nccc(-c3ccc(C#N)nc3)n2)cc1. The number of pyridine rings is 1. The molecule has 3 N–H and O–H groups in total. The first-order valence-electron chi connectivity index (χ1n) is 8.38. The van der Waals surface area contributed by atoms with Crippen LogP contribution in [0.1, 0.15) is 12.6 Å². The number of hydrazone groups is 1. The zero-order valence-corrected chi connectivity index (χ0v) is 15.2. The summed E-state index contributed by atoms with van der Waals surface area (Å²) in [5.74, 6) is 0.885. The van der Waals surface area contributed by atoms with Gasteiger partial charge in [0.25, 0.3) is 0 Å². The third-order valence-corrected chi connectivity index (χ3v) is 3.66. The Kier molecular flexibility index (Phi) is 5.58. The average Bonchev–Trinajstić information content (AvgIpc) is 2.73. The van der Waals surface area contributed by atoms with Gasteiger partial charge in [-0.1, -0.05) is 6.58 Å². The molecule has 8 heteroatoms. The van der Waals surface area contributed by atoms with Crippen LogP contribution in [0.3, 0.4) is 0 Å². The van der Waals surface area contributed by atoms with Crippen molar-refractivity contribution >= 4 is 23.2 Å². The van der Waals surface area contributed by atoms with E-state index in [2.05, 4.69) is 31.9 Å². The second-order valence-electron chi connectivity index (χ2n) is 5.75. The number of hydrogen-bond donors (Lipinski definition) is 2. The summed E-state index contributed by atoms with van der Waals surface area (Å²) in [6.45, 7) is 5.44. The molecule has 0 saturated heterocycles. The molecule has 0 aliphatic heterocycles. The van der Waals surface area contributed by atoms with Crippen molar-refractivity contribution in [2.24, 2.45) is 10.8 Å². The first kappa shape index (κ1) is 18.5. The van der Waals surface area contributed by atoms with Crippen molar-refractivity contribution < 1.29 is 0 Å². The lowest BCUT2D eigenvalue weighted by molar-refractivity contribution is 1.07. The van der Waals surface area contributed by atoms with Gasteiger partial charge in [0.05, 0.1) is 11.4 Å². The van der Waals surface area contributed by atoms with Gasteiger partial charge in [0.1, 0.15) is 17.6 Å². The molecule has 0 bridgehead atoms. The number of hydrogen-bond acceptors (Lipinski definition) is 7. The van der Waals surface area contributed by atoms with Gasteiger partial charge in [0.15, 0.2) is 0 Å². The number of amidine groups is 1. The van der Waals surface area contributed by atoms with Gasteiger partial charge in [-0.05, 0) is 49.4 Å². The largest absolute Gasteiger partial charge is 0.386 e. The molecule has 3 aromatic rings. The highest BCUT2D eigenvalue weighted by Gasteiger charge is 2.05. The molecule has 0 unspecified atom stereocenters. The maximum atomic E-state index is 8.85. The second kappa shape index (κ2) is 8.42. The maximum Gasteiger partial charge on any atom is 0.227 e. The maximum absolute atomic E-state index is 8.85. The van der Waals surface area contributed by atoms with Crippen molar-refractivity contribution in [1.29, 1.82) is 5.26 Å². The van der Waals surface area contributed by atoms with Gasteiger partial charge in [0.2, 0.25) is 5.95 Å². The molecule has 0 aliphatic rings. The van der Waals surface area contributed by atoms with E-state index in [-0.39, 0.29) is 0 Å². The zero-order valence-electron chi connectivity index (χ0n) is 15.2. The lowest BCUT2D eigenvalue weighted by atomic mass is 10.2. The fourth-order valence-corrected chi connectivity index (χ4v) is 2.39. The number of aromatic nitrogens is 3. The van der Waals surface area contributed by atoms with Crippen molar-refractivity contribution in [1.82, 2.24) is 15.0 Å². The number of nitrogens with one attached hydrogen (secondary N) is 1. The molecule has 0 aliphatic carbocycles. The highest BCUT2D eigenvalue weighted by atomic mass is 15.5. The molecular formula is C20H18N8. The Hall–Kier alpha value is -4.25. The Morgan fingerprint density at radius 1 is 1.21 bits per heavy atom. The van der Waals surface area contributed by atoms with Gasteiger partial charge in [-0.15, -0.1) is 0 Å². The minimum atomic E-state index is 0.360. The molecule has 8 nitrogen and oxygen atoms in total. The molecule has 0 fully saturated rings. The monoisotopic (exact) mass is 370 g/mol.